The minimum absolute atomic E-state index is 0.0695. The summed E-state index contributed by atoms with van der Waals surface area (Å²) in [5, 5.41) is 6.01. The average molecular weight is 366 g/mol. The average Bonchev–Trinajstić information content (AvgIpc) is 2.69. The number of anilines is 1. The van der Waals surface area contributed by atoms with E-state index in [1.165, 1.54) is 13.2 Å². The Morgan fingerprint density at radius 3 is 2.48 bits per heavy atom. The SMILES string of the molecule is COC(=O)/C(=C/c1ccc(NC(=O)COCc2ccccc2)cc1)N=[N+]=[N-]. The van der Waals surface area contributed by atoms with Crippen LogP contribution in [0.3, 0.4) is 0 Å². The van der Waals surface area contributed by atoms with Crippen molar-refractivity contribution >= 4 is 23.6 Å². The monoisotopic (exact) mass is 366 g/mol. The normalized spacial score (nSPS) is 10.6. The molecule has 8 heteroatoms. The Hall–Kier alpha value is -3.61. The molecule has 138 valence electrons. The van der Waals surface area contributed by atoms with E-state index in [-0.39, 0.29) is 18.2 Å². The first kappa shape index (κ1) is 19.7. The zero-order valence-electron chi connectivity index (χ0n) is 14.7. The van der Waals surface area contributed by atoms with Crippen LogP contribution in [-0.2, 0) is 25.7 Å². The highest BCUT2D eigenvalue weighted by Crippen LogP contribution is 2.14. The largest absolute Gasteiger partial charge is 0.466 e. The number of hydrogen-bond donors (Lipinski definition) is 1. The van der Waals surface area contributed by atoms with Gasteiger partial charge in [0.25, 0.3) is 0 Å². The van der Waals surface area contributed by atoms with Crippen molar-refractivity contribution in [2.45, 2.75) is 6.61 Å². The van der Waals surface area contributed by atoms with Crippen molar-refractivity contribution in [2.75, 3.05) is 19.0 Å². The number of esters is 1. The van der Waals surface area contributed by atoms with E-state index in [1.807, 2.05) is 30.3 Å². The molecule has 0 aliphatic rings. The van der Waals surface area contributed by atoms with Gasteiger partial charge in [0.1, 0.15) is 12.3 Å². The molecule has 0 heterocycles. The van der Waals surface area contributed by atoms with E-state index in [4.69, 9.17) is 10.3 Å². The van der Waals surface area contributed by atoms with Crippen molar-refractivity contribution in [3.05, 3.63) is 81.9 Å². The fourth-order valence-electron chi connectivity index (χ4n) is 2.13. The van der Waals surface area contributed by atoms with Crippen molar-refractivity contribution < 1.29 is 19.1 Å². The van der Waals surface area contributed by atoms with Crippen LogP contribution in [-0.4, -0.2) is 25.6 Å². The van der Waals surface area contributed by atoms with Crippen LogP contribution in [0.4, 0.5) is 5.69 Å². The van der Waals surface area contributed by atoms with Gasteiger partial charge in [0.2, 0.25) is 5.91 Å². The highest BCUT2D eigenvalue weighted by atomic mass is 16.5. The first-order valence-electron chi connectivity index (χ1n) is 7.99. The Balaban J connectivity index is 1.89. The van der Waals surface area contributed by atoms with Crippen molar-refractivity contribution in [3.8, 4) is 0 Å². The number of nitrogens with zero attached hydrogens (tertiary/aromatic N) is 3. The lowest BCUT2D eigenvalue weighted by Gasteiger charge is -2.07. The Morgan fingerprint density at radius 1 is 1.15 bits per heavy atom. The molecular weight excluding hydrogens is 348 g/mol. The third kappa shape index (κ3) is 6.66. The van der Waals surface area contributed by atoms with E-state index in [0.717, 1.165) is 5.56 Å². The van der Waals surface area contributed by atoms with Gasteiger partial charge in [-0.1, -0.05) is 47.6 Å². The third-order valence-electron chi connectivity index (χ3n) is 3.39. The maximum absolute atomic E-state index is 11.9. The van der Waals surface area contributed by atoms with Gasteiger partial charge in [-0.2, -0.15) is 0 Å². The smallest absolute Gasteiger partial charge is 0.340 e. The summed E-state index contributed by atoms with van der Waals surface area (Å²) < 4.78 is 9.92. The highest BCUT2D eigenvalue weighted by molar-refractivity contribution is 5.94. The first-order valence-corrected chi connectivity index (χ1v) is 7.99. The van der Waals surface area contributed by atoms with Gasteiger partial charge in [-0.05, 0) is 34.9 Å². The predicted octanol–water partition coefficient (Wildman–Crippen LogP) is 3.67. The Bertz CT molecular complexity index is 857. The number of nitrogens with one attached hydrogen (secondary N) is 1. The molecule has 27 heavy (non-hydrogen) atoms. The molecule has 0 aromatic heterocycles. The predicted molar refractivity (Wildman–Crippen MR) is 100 cm³/mol. The molecule has 0 spiro atoms. The summed E-state index contributed by atoms with van der Waals surface area (Å²) in [6.45, 7) is 0.285. The zero-order valence-corrected chi connectivity index (χ0v) is 14.7. The molecule has 1 amide bonds. The summed E-state index contributed by atoms with van der Waals surface area (Å²) in [6.07, 6.45) is 1.39. The molecule has 0 radical (unpaired) electrons. The Labute approximate surface area is 156 Å². The second-order valence-corrected chi connectivity index (χ2v) is 5.36. The van der Waals surface area contributed by atoms with Gasteiger partial charge in [0.15, 0.2) is 0 Å². The van der Waals surface area contributed by atoms with E-state index in [9.17, 15) is 9.59 Å². The molecule has 0 atom stereocenters. The van der Waals surface area contributed by atoms with Crippen LogP contribution in [0.2, 0.25) is 0 Å². The van der Waals surface area contributed by atoms with E-state index >= 15 is 0 Å². The summed E-state index contributed by atoms with van der Waals surface area (Å²) in [6, 6.07) is 16.2. The molecule has 2 aromatic rings. The highest BCUT2D eigenvalue weighted by Gasteiger charge is 2.08. The fourth-order valence-corrected chi connectivity index (χ4v) is 2.13. The Kier molecular flexibility index (Phi) is 7.59. The third-order valence-corrected chi connectivity index (χ3v) is 3.39. The minimum Gasteiger partial charge on any atom is -0.466 e. The summed E-state index contributed by atoms with van der Waals surface area (Å²) in [7, 11) is 1.20. The van der Waals surface area contributed by atoms with Crippen LogP contribution in [0.15, 0.2) is 65.4 Å². The molecule has 1 N–H and O–H groups in total. The van der Waals surface area contributed by atoms with Crippen molar-refractivity contribution in [1.82, 2.24) is 0 Å². The van der Waals surface area contributed by atoms with E-state index in [2.05, 4.69) is 20.1 Å². The first-order chi connectivity index (χ1) is 13.1. The number of carbonyl (C=O) groups excluding carboxylic acids is 2. The number of azide groups is 1. The van der Waals surface area contributed by atoms with E-state index in [0.29, 0.717) is 17.9 Å². The second kappa shape index (κ2) is 10.4. The lowest BCUT2D eigenvalue weighted by molar-refractivity contribution is -0.136. The lowest BCUT2D eigenvalue weighted by Crippen LogP contribution is -2.18. The summed E-state index contributed by atoms with van der Waals surface area (Å²) in [5.41, 5.74) is 10.5. The molecule has 0 unspecified atom stereocenters. The van der Waals surface area contributed by atoms with E-state index in [1.54, 1.807) is 24.3 Å². The van der Waals surface area contributed by atoms with Crippen LogP contribution < -0.4 is 5.32 Å². The molecule has 2 rings (SSSR count). The molecular formula is C19H18N4O4. The minimum atomic E-state index is -0.735. The van der Waals surface area contributed by atoms with Crippen LogP contribution in [0.25, 0.3) is 16.5 Å². The number of ether oxygens (including phenoxy) is 2. The van der Waals surface area contributed by atoms with Crippen LogP contribution in [0.5, 0.6) is 0 Å². The molecule has 2 aromatic carbocycles. The molecule has 0 fully saturated rings. The standard InChI is InChI=1S/C19H18N4O4/c1-26-19(25)17(22-23-20)11-14-7-9-16(10-8-14)21-18(24)13-27-12-15-5-3-2-4-6-15/h2-11H,12-13H2,1H3,(H,21,24)/b17-11-. The number of amides is 1. The lowest BCUT2D eigenvalue weighted by atomic mass is 10.1. The molecule has 0 bridgehead atoms. The van der Waals surface area contributed by atoms with Crippen molar-refractivity contribution in [1.29, 1.82) is 0 Å². The van der Waals surface area contributed by atoms with Crippen LogP contribution in [0, 0.1) is 0 Å². The zero-order chi connectivity index (χ0) is 19.5. The maximum Gasteiger partial charge on any atom is 0.340 e. The topological polar surface area (TPSA) is 113 Å². The number of rotatable bonds is 8. The molecule has 0 aliphatic carbocycles. The number of benzene rings is 2. The second-order valence-electron chi connectivity index (χ2n) is 5.36. The van der Waals surface area contributed by atoms with Crippen molar-refractivity contribution in [3.63, 3.8) is 0 Å². The molecule has 0 saturated carbocycles. The summed E-state index contributed by atoms with van der Waals surface area (Å²) in [4.78, 5) is 26.0. The maximum atomic E-state index is 11.9. The van der Waals surface area contributed by atoms with Crippen LogP contribution in [0.1, 0.15) is 11.1 Å². The van der Waals surface area contributed by atoms with Gasteiger partial charge in [-0.3, -0.25) is 4.79 Å². The number of methoxy groups -OCH3 is 1. The summed E-state index contributed by atoms with van der Waals surface area (Å²) in [5.74, 6) is -1.01. The van der Waals surface area contributed by atoms with Gasteiger partial charge in [-0.15, -0.1) is 0 Å². The van der Waals surface area contributed by atoms with E-state index < -0.39 is 5.97 Å². The van der Waals surface area contributed by atoms with Crippen LogP contribution >= 0.6 is 0 Å². The summed E-state index contributed by atoms with van der Waals surface area (Å²) >= 11 is 0. The fraction of sp³-hybridized carbons (Fsp3) is 0.158. The van der Waals surface area contributed by atoms with Gasteiger partial charge >= 0.3 is 5.97 Å². The molecule has 8 nitrogen and oxygen atoms in total. The quantitative estimate of drug-likeness (QED) is 0.252. The number of carbonyl (C=O) groups is 2. The van der Waals surface area contributed by atoms with Gasteiger partial charge in [0, 0.05) is 10.6 Å². The van der Waals surface area contributed by atoms with Gasteiger partial charge in [0.05, 0.1) is 13.7 Å². The van der Waals surface area contributed by atoms with Gasteiger partial charge in [-0.25, -0.2) is 4.79 Å². The molecule has 0 aliphatic heterocycles. The number of hydrogen-bond acceptors (Lipinski definition) is 5. The molecule has 0 saturated heterocycles. The van der Waals surface area contributed by atoms with Crippen molar-refractivity contribution in [2.24, 2.45) is 5.11 Å². The van der Waals surface area contributed by atoms with Gasteiger partial charge < -0.3 is 14.8 Å². The Morgan fingerprint density at radius 2 is 1.85 bits per heavy atom.